The van der Waals surface area contributed by atoms with Gasteiger partial charge in [-0.2, -0.15) is 0 Å². The molecule has 100 valence electrons. The van der Waals surface area contributed by atoms with Crippen molar-refractivity contribution in [3.63, 3.8) is 0 Å². The zero-order valence-electron chi connectivity index (χ0n) is 10.7. The van der Waals surface area contributed by atoms with Crippen LogP contribution in [-0.4, -0.2) is 37.0 Å². The third-order valence-corrected chi connectivity index (χ3v) is 2.86. The highest BCUT2D eigenvalue weighted by Gasteiger charge is 2.15. The van der Waals surface area contributed by atoms with Gasteiger partial charge in [-0.3, -0.25) is 4.79 Å². The Morgan fingerprint density at radius 1 is 1.56 bits per heavy atom. The Labute approximate surface area is 113 Å². The van der Waals surface area contributed by atoms with Gasteiger partial charge >= 0.3 is 0 Å². The highest BCUT2D eigenvalue weighted by atomic mass is 35.5. The molecule has 0 radical (unpaired) electrons. The lowest BCUT2D eigenvalue weighted by molar-refractivity contribution is -0.131. The Hall–Kier alpha value is -1.26. The summed E-state index contributed by atoms with van der Waals surface area (Å²) in [6, 6.07) is 6.73. The maximum Gasteiger partial charge on any atom is 0.239 e. The molecule has 1 amide bonds. The van der Waals surface area contributed by atoms with E-state index in [1.54, 1.807) is 24.1 Å². The van der Waals surface area contributed by atoms with Crippen molar-refractivity contribution < 1.29 is 9.53 Å². The van der Waals surface area contributed by atoms with Gasteiger partial charge in [-0.1, -0.05) is 24.6 Å². The average Bonchev–Trinajstić information content (AvgIpc) is 2.36. The molecule has 0 aliphatic heterocycles. The van der Waals surface area contributed by atoms with E-state index in [9.17, 15) is 4.79 Å². The minimum atomic E-state index is -0.429. The minimum absolute atomic E-state index is 0.0628. The highest BCUT2D eigenvalue weighted by molar-refractivity contribution is 6.30. The van der Waals surface area contributed by atoms with Gasteiger partial charge in [-0.25, -0.2) is 0 Å². The summed E-state index contributed by atoms with van der Waals surface area (Å²) in [4.78, 5) is 13.3. The fourth-order valence-corrected chi connectivity index (χ4v) is 1.61. The van der Waals surface area contributed by atoms with Crippen LogP contribution in [0.5, 0.6) is 5.75 Å². The van der Waals surface area contributed by atoms with Crippen molar-refractivity contribution in [1.82, 2.24) is 4.90 Å². The largest absolute Gasteiger partial charge is 0.492 e. The van der Waals surface area contributed by atoms with Crippen LogP contribution in [-0.2, 0) is 4.79 Å². The maximum absolute atomic E-state index is 11.7. The molecule has 0 saturated heterocycles. The van der Waals surface area contributed by atoms with Gasteiger partial charge in [0.2, 0.25) is 5.91 Å². The summed E-state index contributed by atoms with van der Waals surface area (Å²) in [6.07, 6.45) is 0.637. The van der Waals surface area contributed by atoms with Crippen molar-refractivity contribution in [2.24, 2.45) is 5.73 Å². The monoisotopic (exact) mass is 270 g/mol. The number of carbonyl (C=O) groups excluding carboxylic acids is 1. The number of nitrogens with zero attached hydrogens (tertiary/aromatic N) is 1. The molecule has 0 aliphatic carbocycles. The molecular weight excluding hydrogens is 252 g/mol. The van der Waals surface area contributed by atoms with Gasteiger partial charge in [-0.05, 0) is 24.6 Å². The summed E-state index contributed by atoms with van der Waals surface area (Å²) in [5.74, 6) is 0.635. The molecule has 0 saturated carbocycles. The molecule has 2 N–H and O–H groups in total. The molecule has 0 heterocycles. The zero-order valence-corrected chi connectivity index (χ0v) is 11.5. The Morgan fingerprint density at radius 3 is 2.89 bits per heavy atom. The van der Waals surface area contributed by atoms with Crippen LogP contribution in [0, 0.1) is 0 Å². The molecule has 0 aliphatic rings. The number of hydrogen-bond acceptors (Lipinski definition) is 3. The van der Waals surface area contributed by atoms with E-state index in [-0.39, 0.29) is 5.91 Å². The normalized spacial score (nSPS) is 12.0. The van der Waals surface area contributed by atoms with Crippen molar-refractivity contribution in [3.8, 4) is 5.75 Å². The molecule has 0 fully saturated rings. The van der Waals surface area contributed by atoms with Crippen molar-refractivity contribution in [3.05, 3.63) is 29.3 Å². The second-order valence-corrected chi connectivity index (χ2v) is 4.52. The molecule has 0 aromatic heterocycles. The lowest BCUT2D eigenvalue weighted by atomic mass is 10.2. The highest BCUT2D eigenvalue weighted by Crippen LogP contribution is 2.16. The molecule has 0 spiro atoms. The number of carbonyl (C=O) groups is 1. The molecule has 1 aromatic carbocycles. The summed E-state index contributed by atoms with van der Waals surface area (Å²) in [7, 11) is 1.72. The molecule has 1 aromatic rings. The van der Waals surface area contributed by atoms with Gasteiger partial charge < -0.3 is 15.4 Å². The SMILES string of the molecule is CCC(N)C(=O)N(C)CCOc1cccc(Cl)c1. The predicted molar refractivity (Wildman–Crippen MR) is 72.9 cm³/mol. The quantitative estimate of drug-likeness (QED) is 0.859. The first-order chi connectivity index (χ1) is 8.54. The van der Waals surface area contributed by atoms with Crippen molar-refractivity contribution in [2.75, 3.05) is 20.2 Å². The fourth-order valence-electron chi connectivity index (χ4n) is 1.43. The number of hydrogen-bond donors (Lipinski definition) is 1. The molecule has 5 heteroatoms. The van der Waals surface area contributed by atoms with E-state index in [2.05, 4.69) is 0 Å². The Bertz CT molecular complexity index is 398. The van der Waals surface area contributed by atoms with Crippen molar-refractivity contribution in [2.45, 2.75) is 19.4 Å². The Kier molecular flexibility index (Phi) is 5.95. The number of benzene rings is 1. The van der Waals surface area contributed by atoms with Gasteiger partial charge in [-0.15, -0.1) is 0 Å². The molecule has 1 rings (SSSR count). The summed E-state index contributed by atoms with van der Waals surface area (Å²) >= 11 is 5.84. The van der Waals surface area contributed by atoms with E-state index >= 15 is 0 Å². The van der Waals surface area contributed by atoms with E-state index < -0.39 is 6.04 Å². The van der Waals surface area contributed by atoms with E-state index in [0.29, 0.717) is 30.3 Å². The van der Waals surface area contributed by atoms with E-state index in [1.165, 1.54) is 0 Å². The lowest BCUT2D eigenvalue weighted by Crippen LogP contribution is -2.42. The molecule has 18 heavy (non-hydrogen) atoms. The molecular formula is C13H19ClN2O2. The first-order valence-electron chi connectivity index (χ1n) is 5.93. The zero-order chi connectivity index (χ0) is 13.5. The van der Waals surface area contributed by atoms with Gasteiger partial charge in [0.05, 0.1) is 12.6 Å². The van der Waals surface area contributed by atoms with Crippen LogP contribution in [0.2, 0.25) is 5.02 Å². The van der Waals surface area contributed by atoms with Crippen LogP contribution in [0.4, 0.5) is 0 Å². The fraction of sp³-hybridized carbons (Fsp3) is 0.462. The predicted octanol–water partition coefficient (Wildman–Crippen LogP) is 1.91. The summed E-state index contributed by atoms with van der Waals surface area (Å²) < 4.78 is 5.50. The van der Waals surface area contributed by atoms with Crippen molar-refractivity contribution >= 4 is 17.5 Å². The van der Waals surface area contributed by atoms with Crippen LogP contribution >= 0.6 is 11.6 Å². The Balaban J connectivity index is 2.35. The van der Waals surface area contributed by atoms with E-state index in [0.717, 1.165) is 0 Å². The van der Waals surface area contributed by atoms with Crippen LogP contribution in [0.25, 0.3) is 0 Å². The number of rotatable bonds is 6. The second kappa shape index (κ2) is 7.24. The van der Waals surface area contributed by atoms with Gasteiger partial charge in [0.25, 0.3) is 0 Å². The molecule has 1 atom stereocenters. The standard InChI is InChI=1S/C13H19ClN2O2/c1-3-12(15)13(17)16(2)7-8-18-11-6-4-5-10(14)9-11/h4-6,9,12H,3,7-8,15H2,1-2H3. The van der Waals surface area contributed by atoms with Gasteiger partial charge in [0, 0.05) is 12.1 Å². The van der Waals surface area contributed by atoms with Crippen molar-refractivity contribution in [1.29, 1.82) is 0 Å². The Morgan fingerprint density at radius 2 is 2.28 bits per heavy atom. The molecule has 0 bridgehead atoms. The van der Waals surface area contributed by atoms with Crippen LogP contribution in [0.1, 0.15) is 13.3 Å². The van der Waals surface area contributed by atoms with E-state index in [4.69, 9.17) is 22.1 Å². The number of nitrogens with two attached hydrogens (primary N) is 1. The number of likely N-dealkylation sites (N-methyl/N-ethyl adjacent to an activating group) is 1. The van der Waals surface area contributed by atoms with Crippen LogP contribution in [0.3, 0.4) is 0 Å². The first kappa shape index (κ1) is 14.8. The maximum atomic E-state index is 11.7. The smallest absolute Gasteiger partial charge is 0.239 e. The minimum Gasteiger partial charge on any atom is -0.492 e. The average molecular weight is 271 g/mol. The van der Waals surface area contributed by atoms with Crippen LogP contribution in [0.15, 0.2) is 24.3 Å². The third kappa shape index (κ3) is 4.55. The summed E-state index contributed by atoms with van der Waals surface area (Å²) in [5, 5.41) is 0.630. The number of ether oxygens (including phenoxy) is 1. The second-order valence-electron chi connectivity index (χ2n) is 4.08. The number of amides is 1. The number of halogens is 1. The topological polar surface area (TPSA) is 55.6 Å². The molecule has 1 unspecified atom stereocenters. The first-order valence-corrected chi connectivity index (χ1v) is 6.31. The third-order valence-electron chi connectivity index (χ3n) is 2.62. The molecule has 4 nitrogen and oxygen atoms in total. The van der Waals surface area contributed by atoms with Gasteiger partial charge in [0.15, 0.2) is 0 Å². The van der Waals surface area contributed by atoms with Crippen LogP contribution < -0.4 is 10.5 Å². The lowest BCUT2D eigenvalue weighted by Gasteiger charge is -2.20. The summed E-state index contributed by atoms with van der Waals surface area (Å²) in [6.45, 7) is 2.80. The summed E-state index contributed by atoms with van der Waals surface area (Å²) in [5.41, 5.74) is 5.67. The van der Waals surface area contributed by atoms with Gasteiger partial charge in [0.1, 0.15) is 12.4 Å². The van der Waals surface area contributed by atoms with E-state index in [1.807, 2.05) is 19.1 Å².